The van der Waals surface area contributed by atoms with Crippen molar-refractivity contribution in [2.75, 3.05) is 6.54 Å². The zero-order valence-electron chi connectivity index (χ0n) is 10.6. The molecule has 0 aliphatic carbocycles. The fourth-order valence-corrected chi connectivity index (χ4v) is 7.46. The largest absolute Gasteiger partial charge is 0.336 e. The summed E-state index contributed by atoms with van der Waals surface area (Å²) in [5.74, 6) is 0. The normalized spacial score (nSPS) is 19.1. The van der Waals surface area contributed by atoms with Crippen LogP contribution in [-0.2, 0) is 0 Å². The van der Waals surface area contributed by atoms with E-state index in [4.69, 9.17) is 0 Å². The fraction of sp³-hybridized carbons (Fsp3) is 1.00. The minimum Gasteiger partial charge on any atom is -0.336 e. The average molecular weight is 280 g/mol. The highest BCUT2D eigenvalue weighted by atomic mass is 79.9. The van der Waals surface area contributed by atoms with Crippen molar-refractivity contribution in [3.63, 3.8) is 0 Å². The molecular formula is C11H26BrNSi. The van der Waals surface area contributed by atoms with Gasteiger partial charge in [0, 0.05) is 4.45 Å². The fourth-order valence-electron chi connectivity index (χ4n) is 1.64. The van der Waals surface area contributed by atoms with E-state index in [1.54, 1.807) is 0 Å². The van der Waals surface area contributed by atoms with Crippen LogP contribution in [0.5, 0.6) is 0 Å². The van der Waals surface area contributed by atoms with E-state index < -0.39 is 8.24 Å². The third kappa shape index (κ3) is 3.35. The molecule has 0 spiro atoms. The molecule has 0 heterocycles. The molecule has 0 saturated heterocycles. The molecule has 1 N–H and O–H groups in total. The van der Waals surface area contributed by atoms with Gasteiger partial charge in [-0.15, -0.1) is 0 Å². The lowest BCUT2D eigenvalue weighted by Crippen LogP contribution is -2.61. The summed E-state index contributed by atoms with van der Waals surface area (Å²) in [6.07, 6.45) is 2.44. The molecule has 0 aliphatic heterocycles. The highest BCUT2D eigenvalue weighted by Crippen LogP contribution is 2.39. The van der Waals surface area contributed by atoms with Crippen LogP contribution < -0.4 is 4.98 Å². The van der Waals surface area contributed by atoms with Crippen LogP contribution in [0.2, 0.25) is 11.6 Å². The summed E-state index contributed by atoms with van der Waals surface area (Å²) in [6, 6.07) is 0. The zero-order valence-corrected chi connectivity index (χ0v) is 13.2. The molecule has 0 saturated carbocycles. The number of rotatable bonds is 5. The quantitative estimate of drug-likeness (QED) is 0.591. The summed E-state index contributed by atoms with van der Waals surface area (Å²) in [4.78, 5) is 3.83. The second-order valence-electron chi connectivity index (χ2n) is 5.25. The molecule has 0 bridgehead atoms. The van der Waals surface area contributed by atoms with Gasteiger partial charge in [0.2, 0.25) is 0 Å². The van der Waals surface area contributed by atoms with Crippen molar-refractivity contribution in [2.24, 2.45) is 0 Å². The molecule has 3 heteroatoms. The Labute approximate surface area is 99.3 Å². The van der Waals surface area contributed by atoms with E-state index in [0.717, 1.165) is 6.54 Å². The maximum absolute atomic E-state index is 3.86. The Bertz CT molecular complexity index is 167. The Hall–Kier alpha value is 0.657. The highest BCUT2D eigenvalue weighted by molar-refractivity contribution is 9.10. The van der Waals surface area contributed by atoms with E-state index in [2.05, 4.69) is 62.1 Å². The van der Waals surface area contributed by atoms with Crippen molar-refractivity contribution in [3.8, 4) is 0 Å². The molecule has 0 amide bonds. The first-order chi connectivity index (χ1) is 6.29. The van der Waals surface area contributed by atoms with E-state index >= 15 is 0 Å². The third-order valence-electron chi connectivity index (χ3n) is 3.29. The molecular weight excluding hydrogens is 254 g/mol. The Morgan fingerprint density at radius 1 is 1.29 bits per heavy atom. The predicted molar refractivity (Wildman–Crippen MR) is 72.6 cm³/mol. The number of hydrogen-bond acceptors (Lipinski definition) is 1. The minimum atomic E-state index is -1.41. The van der Waals surface area contributed by atoms with Crippen molar-refractivity contribution >= 4 is 24.2 Å². The second-order valence-corrected chi connectivity index (χ2v) is 12.2. The van der Waals surface area contributed by atoms with Gasteiger partial charge < -0.3 is 4.98 Å². The Balaban J connectivity index is 4.67. The van der Waals surface area contributed by atoms with Gasteiger partial charge in [-0.25, -0.2) is 0 Å². The van der Waals surface area contributed by atoms with Crippen molar-refractivity contribution in [2.45, 2.75) is 63.5 Å². The van der Waals surface area contributed by atoms with Crippen LogP contribution in [-0.4, -0.2) is 19.2 Å². The van der Waals surface area contributed by atoms with Gasteiger partial charge in [0.1, 0.15) is 8.24 Å². The van der Waals surface area contributed by atoms with Gasteiger partial charge in [-0.3, -0.25) is 0 Å². The monoisotopic (exact) mass is 279 g/mol. The lowest BCUT2D eigenvalue weighted by atomic mass is 10.2. The van der Waals surface area contributed by atoms with Crippen molar-refractivity contribution in [3.05, 3.63) is 0 Å². The molecule has 2 unspecified atom stereocenters. The maximum atomic E-state index is 3.86. The highest BCUT2D eigenvalue weighted by Gasteiger charge is 2.44. The predicted octanol–water partition coefficient (Wildman–Crippen LogP) is 4.07. The first-order valence-corrected chi connectivity index (χ1v) is 9.18. The van der Waals surface area contributed by atoms with Crippen LogP contribution in [0.1, 0.15) is 47.5 Å². The maximum Gasteiger partial charge on any atom is 0.141 e. The Morgan fingerprint density at radius 2 is 1.79 bits per heavy atom. The van der Waals surface area contributed by atoms with Crippen molar-refractivity contribution < 1.29 is 0 Å². The van der Waals surface area contributed by atoms with Gasteiger partial charge in [0.25, 0.3) is 0 Å². The van der Waals surface area contributed by atoms with Crippen LogP contribution in [0.25, 0.3) is 0 Å². The molecule has 0 aromatic rings. The molecule has 0 rings (SSSR count). The summed E-state index contributed by atoms with van der Waals surface area (Å²) in [6.45, 7) is 15.2. The van der Waals surface area contributed by atoms with Crippen molar-refractivity contribution in [1.29, 1.82) is 0 Å². The Kier molecular flexibility index (Phi) is 5.93. The SMILES string of the molecule is CCCN[Si](C)(C(Br)CC)C(C)(C)C. The summed E-state index contributed by atoms with van der Waals surface area (Å²) in [5.41, 5.74) is 0. The zero-order chi connectivity index (χ0) is 11.4. The van der Waals surface area contributed by atoms with E-state index in [0.29, 0.717) is 9.49 Å². The van der Waals surface area contributed by atoms with E-state index in [-0.39, 0.29) is 0 Å². The molecule has 0 aliphatic rings. The van der Waals surface area contributed by atoms with Crippen LogP contribution in [0.15, 0.2) is 0 Å². The van der Waals surface area contributed by atoms with Gasteiger partial charge in [-0.2, -0.15) is 0 Å². The first-order valence-electron chi connectivity index (χ1n) is 5.68. The van der Waals surface area contributed by atoms with Gasteiger partial charge in [-0.05, 0) is 24.4 Å². The molecule has 0 aromatic heterocycles. The molecule has 0 radical (unpaired) electrons. The van der Waals surface area contributed by atoms with Crippen LogP contribution in [0.4, 0.5) is 0 Å². The number of alkyl halides is 1. The van der Waals surface area contributed by atoms with Gasteiger partial charge in [0.15, 0.2) is 0 Å². The van der Waals surface area contributed by atoms with Crippen molar-refractivity contribution in [1.82, 2.24) is 4.98 Å². The summed E-state index contributed by atoms with van der Waals surface area (Å²) in [7, 11) is -1.41. The molecule has 14 heavy (non-hydrogen) atoms. The standard InChI is InChI=1S/C11H26BrNSi/c1-7-9-13-14(6,10(12)8-2)11(3,4)5/h10,13H,7-9H2,1-6H3. The summed E-state index contributed by atoms with van der Waals surface area (Å²) >= 11 is 3.86. The summed E-state index contributed by atoms with van der Waals surface area (Å²) in [5, 5.41) is 0.409. The third-order valence-corrected chi connectivity index (χ3v) is 12.4. The second kappa shape index (κ2) is 5.66. The number of nitrogens with one attached hydrogen (secondary N) is 1. The van der Waals surface area contributed by atoms with Gasteiger partial charge >= 0.3 is 0 Å². The number of hydrogen-bond donors (Lipinski definition) is 1. The molecule has 86 valence electrons. The molecule has 0 fully saturated rings. The summed E-state index contributed by atoms with van der Waals surface area (Å²) < 4.78 is 0.668. The van der Waals surface area contributed by atoms with Crippen LogP contribution >= 0.6 is 15.9 Å². The molecule has 0 aromatic carbocycles. The van der Waals surface area contributed by atoms with Gasteiger partial charge in [-0.1, -0.05) is 57.1 Å². The smallest absolute Gasteiger partial charge is 0.141 e. The van der Waals surface area contributed by atoms with E-state index in [1.165, 1.54) is 12.8 Å². The van der Waals surface area contributed by atoms with Gasteiger partial charge in [0.05, 0.1) is 0 Å². The molecule has 2 atom stereocenters. The van der Waals surface area contributed by atoms with E-state index in [9.17, 15) is 0 Å². The average Bonchev–Trinajstić information content (AvgIpc) is 2.10. The Morgan fingerprint density at radius 3 is 2.07 bits per heavy atom. The lowest BCUT2D eigenvalue weighted by molar-refractivity contribution is 0.659. The van der Waals surface area contributed by atoms with E-state index in [1.807, 2.05) is 0 Å². The van der Waals surface area contributed by atoms with Crippen LogP contribution in [0, 0.1) is 0 Å². The van der Waals surface area contributed by atoms with Crippen LogP contribution in [0.3, 0.4) is 0 Å². The molecule has 1 nitrogen and oxygen atoms in total. The number of halogens is 1. The minimum absolute atomic E-state index is 0.409. The first kappa shape index (κ1) is 14.7. The lowest BCUT2D eigenvalue weighted by Gasteiger charge is -2.44. The topological polar surface area (TPSA) is 12.0 Å².